The molecule has 4 aromatic heterocycles. The molecule has 0 amide bonds. The second-order valence-electron chi connectivity index (χ2n) is 5.37. The molecule has 11 heteroatoms. The van der Waals surface area contributed by atoms with Gasteiger partial charge >= 0.3 is 0 Å². The maximum absolute atomic E-state index is 4.15. The lowest BCUT2D eigenvalue weighted by molar-refractivity contribution is 0.881. The zero-order chi connectivity index (χ0) is 17.2. The lowest BCUT2D eigenvalue weighted by Crippen LogP contribution is -2.05. The number of thiophene rings is 2. The molecule has 2 unspecified atom stereocenters. The molecule has 0 radical (unpaired) electrons. The zero-order valence-corrected chi connectivity index (χ0v) is 15.8. The van der Waals surface area contributed by atoms with Crippen molar-refractivity contribution in [2.45, 2.75) is 24.3 Å². The maximum atomic E-state index is 4.15. The summed E-state index contributed by atoms with van der Waals surface area (Å²) >= 11 is 5.19. The molecule has 2 atom stereocenters. The van der Waals surface area contributed by atoms with E-state index in [0.29, 0.717) is 0 Å². The van der Waals surface area contributed by atoms with Gasteiger partial charge in [0.05, 0.1) is 0 Å². The summed E-state index contributed by atoms with van der Waals surface area (Å²) in [7, 11) is 0. The van der Waals surface area contributed by atoms with Crippen molar-refractivity contribution in [1.29, 1.82) is 0 Å². The van der Waals surface area contributed by atoms with Crippen LogP contribution < -0.4 is 0 Å². The fourth-order valence-electron chi connectivity index (χ4n) is 2.41. The predicted molar refractivity (Wildman–Crippen MR) is 97.7 cm³/mol. The number of H-pyrrole nitrogens is 2. The third-order valence-electron chi connectivity index (χ3n) is 3.53. The molecule has 4 aromatic rings. The second-order valence-corrected chi connectivity index (χ2v) is 9.22. The van der Waals surface area contributed by atoms with Crippen LogP contribution in [0.15, 0.2) is 24.3 Å². The van der Waals surface area contributed by atoms with Crippen molar-refractivity contribution in [2.24, 2.45) is 0 Å². The zero-order valence-electron chi connectivity index (χ0n) is 13.4. The van der Waals surface area contributed by atoms with E-state index < -0.39 is 0 Å². The molecule has 0 spiro atoms. The van der Waals surface area contributed by atoms with Crippen molar-refractivity contribution < 1.29 is 0 Å². The Morgan fingerprint density at radius 2 is 1.28 bits per heavy atom. The van der Waals surface area contributed by atoms with Crippen molar-refractivity contribution in [3.05, 3.63) is 55.4 Å². The summed E-state index contributed by atoms with van der Waals surface area (Å²) < 4.78 is 0. The first-order valence-electron chi connectivity index (χ1n) is 7.46. The molecule has 0 aliphatic rings. The Balaban J connectivity index is 1.73. The Morgan fingerprint density at radius 3 is 1.60 bits per heavy atom. The number of thioether (sulfide) groups is 1. The van der Waals surface area contributed by atoms with Gasteiger partial charge in [-0.05, 0) is 59.0 Å². The van der Waals surface area contributed by atoms with Crippen molar-refractivity contribution in [1.82, 2.24) is 41.2 Å². The van der Waals surface area contributed by atoms with E-state index in [-0.39, 0.29) is 10.5 Å². The van der Waals surface area contributed by atoms with Gasteiger partial charge in [-0.15, -0.1) is 44.6 Å². The molecule has 128 valence electrons. The fraction of sp³-hybridized carbons (Fsp3) is 0.286. The Hall–Kier alpha value is -2.11. The van der Waals surface area contributed by atoms with Crippen LogP contribution >= 0.6 is 34.4 Å². The number of rotatable bonds is 6. The van der Waals surface area contributed by atoms with Gasteiger partial charge in [0, 0.05) is 19.5 Å². The molecule has 0 saturated carbocycles. The molecule has 4 heterocycles. The van der Waals surface area contributed by atoms with Gasteiger partial charge in [0.2, 0.25) is 0 Å². The van der Waals surface area contributed by atoms with Crippen LogP contribution in [-0.2, 0) is 0 Å². The smallest absolute Gasteiger partial charge is 0.166 e. The minimum atomic E-state index is -0.0359. The predicted octanol–water partition coefficient (Wildman–Crippen LogP) is 3.06. The number of nitrogens with one attached hydrogen (secondary N) is 2. The molecular weight excluding hydrogens is 376 g/mol. The highest BCUT2D eigenvalue weighted by Crippen LogP contribution is 2.48. The van der Waals surface area contributed by atoms with E-state index in [2.05, 4.69) is 79.4 Å². The van der Waals surface area contributed by atoms with Crippen LogP contribution in [0.25, 0.3) is 0 Å². The number of nitrogens with zero attached hydrogens (tertiary/aromatic N) is 6. The monoisotopic (exact) mass is 390 g/mol. The largest absolute Gasteiger partial charge is 0.242 e. The molecule has 4 rings (SSSR count). The Kier molecular flexibility index (Phi) is 4.59. The normalized spacial score (nSPS) is 13.8. The van der Waals surface area contributed by atoms with E-state index in [4.69, 9.17) is 0 Å². The third-order valence-corrected chi connectivity index (χ3v) is 7.46. The van der Waals surface area contributed by atoms with Gasteiger partial charge in [0.15, 0.2) is 11.6 Å². The molecule has 0 aliphatic heterocycles. The highest BCUT2D eigenvalue weighted by Gasteiger charge is 2.29. The van der Waals surface area contributed by atoms with E-state index in [1.165, 1.54) is 19.5 Å². The lowest BCUT2D eigenvalue weighted by atomic mass is 10.3. The topological polar surface area (TPSA) is 109 Å². The van der Waals surface area contributed by atoms with Crippen LogP contribution in [0.1, 0.15) is 41.7 Å². The quantitative estimate of drug-likeness (QED) is 0.521. The summed E-state index contributed by atoms with van der Waals surface area (Å²) in [5, 5.41) is 29.0. The molecule has 0 saturated heterocycles. The van der Waals surface area contributed by atoms with Gasteiger partial charge in [-0.25, -0.2) is 10.2 Å². The molecule has 0 fully saturated rings. The van der Waals surface area contributed by atoms with E-state index in [0.717, 1.165) is 11.6 Å². The summed E-state index contributed by atoms with van der Waals surface area (Å²) in [5.74, 6) is 1.44. The van der Waals surface area contributed by atoms with Gasteiger partial charge in [0.25, 0.3) is 0 Å². The van der Waals surface area contributed by atoms with E-state index in [1.807, 2.05) is 0 Å². The van der Waals surface area contributed by atoms with Gasteiger partial charge in [-0.2, -0.15) is 0 Å². The average Bonchev–Trinajstić information content (AvgIpc) is 3.36. The highest BCUT2D eigenvalue weighted by atomic mass is 32.2. The van der Waals surface area contributed by atoms with Crippen LogP contribution in [0.5, 0.6) is 0 Å². The van der Waals surface area contributed by atoms with Crippen molar-refractivity contribution in [3.8, 4) is 0 Å². The Labute approximate surface area is 155 Å². The molecule has 0 aromatic carbocycles. The maximum Gasteiger partial charge on any atom is 0.166 e. The molecule has 2 N–H and O–H groups in total. The summed E-state index contributed by atoms with van der Waals surface area (Å²) in [6, 6.07) is 8.46. The van der Waals surface area contributed by atoms with E-state index in [1.54, 1.807) is 34.4 Å². The van der Waals surface area contributed by atoms with E-state index >= 15 is 0 Å². The molecule has 8 nitrogen and oxygen atoms in total. The average molecular weight is 391 g/mol. The molecule has 25 heavy (non-hydrogen) atoms. The molecule has 0 aliphatic carbocycles. The first kappa shape index (κ1) is 16.4. The SMILES string of the molecule is Cc1ccc(C(SC(c2nnn[nH]2)c2ccc(C)s2)c2nnn[nH]2)s1. The van der Waals surface area contributed by atoms with Gasteiger partial charge in [-0.1, -0.05) is 0 Å². The minimum absolute atomic E-state index is 0.0359. The van der Waals surface area contributed by atoms with Crippen molar-refractivity contribution in [3.63, 3.8) is 0 Å². The highest BCUT2D eigenvalue weighted by molar-refractivity contribution is 8.00. The summed E-state index contributed by atoms with van der Waals surface area (Å²) in [5.41, 5.74) is 0. The van der Waals surface area contributed by atoms with Crippen molar-refractivity contribution >= 4 is 34.4 Å². The first-order valence-corrected chi connectivity index (χ1v) is 10.0. The van der Waals surface area contributed by atoms with Crippen LogP contribution in [0.2, 0.25) is 0 Å². The second kappa shape index (κ2) is 7.02. The first-order chi connectivity index (χ1) is 12.2. The van der Waals surface area contributed by atoms with E-state index in [9.17, 15) is 0 Å². The summed E-state index contributed by atoms with van der Waals surface area (Å²) in [6.45, 7) is 4.18. The van der Waals surface area contributed by atoms with Crippen LogP contribution in [-0.4, -0.2) is 41.2 Å². The van der Waals surface area contributed by atoms with Crippen LogP contribution in [0.4, 0.5) is 0 Å². The molecular formula is C14H14N8S3. The van der Waals surface area contributed by atoms with Gasteiger partial charge in [-0.3, -0.25) is 0 Å². The number of aromatic amines is 2. The number of hydrogen-bond acceptors (Lipinski definition) is 9. The standard InChI is InChI=1S/C14H14N8S3/c1-7-3-5-9(23-7)11(13-15-19-20-16-13)25-12(14-17-21-22-18-14)10-6-4-8(2)24-10/h3-6,11-12H,1-2H3,(H,15,16,19,20)(H,17,18,21,22). The van der Waals surface area contributed by atoms with Gasteiger partial charge in [0.1, 0.15) is 10.5 Å². The third kappa shape index (κ3) is 3.48. The summed E-state index contributed by atoms with van der Waals surface area (Å²) in [6.07, 6.45) is 0. The van der Waals surface area contributed by atoms with Gasteiger partial charge < -0.3 is 0 Å². The number of tetrazole rings is 2. The number of aromatic nitrogens is 8. The fourth-order valence-corrected chi connectivity index (χ4v) is 5.91. The van der Waals surface area contributed by atoms with Crippen LogP contribution in [0, 0.1) is 13.8 Å². The van der Waals surface area contributed by atoms with Crippen molar-refractivity contribution in [2.75, 3.05) is 0 Å². The number of aryl methyl sites for hydroxylation is 2. The van der Waals surface area contributed by atoms with Crippen LogP contribution in [0.3, 0.4) is 0 Å². The Morgan fingerprint density at radius 1 is 0.800 bits per heavy atom. The minimum Gasteiger partial charge on any atom is -0.242 e. The molecule has 0 bridgehead atoms. The summed E-state index contributed by atoms with van der Waals surface area (Å²) in [4.78, 5) is 4.87. The lowest BCUT2D eigenvalue weighted by Gasteiger charge is -2.18. The number of hydrogen-bond donors (Lipinski definition) is 2. The Bertz CT molecular complexity index is 851.